The number of benzene rings is 2. The number of aromatic nitrogens is 2. The molecule has 1 N–H and O–H groups in total. The van der Waals surface area contributed by atoms with Gasteiger partial charge in [-0.3, -0.25) is 9.20 Å². The van der Waals surface area contributed by atoms with Crippen molar-refractivity contribution in [1.82, 2.24) is 9.38 Å². The molecule has 0 unspecified atom stereocenters. The van der Waals surface area contributed by atoms with E-state index in [9.17, 15) is 9.90 Å². The van der Waals surface area contributed by atoms with Crippen LogP contribution in [-0.4, -0.2) is 27.6 Å². The fourth-order valence-electron chi connectivity index (χ4n) is 2.87. The van der Waals surface area contributed by atoms with Gasteiger partial charge in [0, 0.05) is 4.88 Å². The zero-order valence-corrected chi connectivity index (χ0v) is 13.7. The molecule has 0 amide bonds. The Bertz CT molecular complexity index is 1050. The molecule has 0 aliphatic rings. The molecule has 24 heavy (non-hydrogen) atoms. The van der Waals surface area contributed by atoms with Crippen LogP contribution in [0.15, 0.2) is 48.5 Å². The van der Waals surface area contributed by atoms with Crippen LogP contribution in [0.3, 0.4) is 0 Å². The average molecular weight is 338 g/mol. The summed E-state index contributed by atoms with van der Waals surface area (Å²) in [6.07, 6.45) is -0.0241. The van der Waals surface area contributed by atoms with Gasteiger partial charge < -0.3 is 9.84 Å². The number of carbonyl (C=O) groups is 1. The number of carboxylic acids is 1. The Morgan fingerprint density at radius 3 is 2.67 bits per heavy atom. The number of ether oxygens (including phenoxy) is 1. The molecule has 4 aromatic rings. The van der Waals surface area contributed by atoms with Crippen molar-refractivity contribution in [2.45, 2.75) is 6.42 Å². The number of fused-ring (bicyclic) bond motifs is 3. The van der Waals surface area contributed by atoms with E-state index in [1.807, 2.05) is 52.9 Å². The second-order valence-corrected chi connectivity index (χ2v) is 6.45. The van der Waals surface area contributed by atoms with Gasteiger partial charge in [0.2, 0.25) is 0 Å². The zero-order chi connectivity index (χ0) is 16.7. The van der Waals surface area contributed by atoms with Gasteiger partial charge in [0.15, 0.2) is 4.96 Å². The SMILES string of the molecule is COc1ccc(-c2c(CC(=O)O)sc3nc4ccccc4n23)cc1. The Hall–Kier alpha value is -2.86. The molecule has 2 heterocycles. The lowest BCUT2D eigenvalue weighted by atomic mass is 10.1. The maximum Gasteiger partial charge on any atom is 0.308 e. The monoisotopic (exact) mass is 338 g/mol. The fourth-order valence-corrected chi connectivity index (χ4v) is 4.01. The summed E-state index contributed by atoms with van der Waals surface area (Å²) >= 11 is 1.42. The number of para-hydroxylation sites is 2. The van der Waals surface area contributed by atoms with Gasteiger partial charge in [-0.05, 0) is 42.0 Å². The van der Waals surface area contributed by atoms with Crippen LogP contribution in [0.1, 0.15) is 4.88 Å². The Kier molecular flexibility index (Phi) is 3.46. The lowest BCUT2D eigenvalue weighted by molar-refractivity contribution is -0.136. The van der Waals surface area contributed by atoms with E-state index in [-0.39, 0.29) is 6.42 Å². The minimum atomic E-state index is -0.849. The first-order valence-electron chi connectivity index (χ1n) is 7.42. The highest BCUT2D eigenvalue weighted by atomic mass is 32.1. The third-order valence-electron chi connectivity index (χ3n) is 3.91. The number of imidazole rings is 1. The molecule has 2 aromatic carbocycles. The summed E-state index contributed by atoms with van der Waals surface area (Å²) in [7, 11) is 1.62. The fraction of sp³-hybridized carbons (Fsp3) is 0.111. The molecule has 2 aromatic heterocycles. The zero-order valence-electron chi connectivity index (χ0n) is 12.9. The van der Waals surface area contributed by atoms with Gasteiger partial charge in [-0.25, -0.2) is 4.98 Å². The molecule has 0 saturated carbocycles. The highest BCUT2D eigenvalue weighted by Crippen LogP contribution is 2.35. The Morgan fingerprint density at radius 1 is 1.21 bits per heavy atom. The summed E-state index contributed by atoms with van der Waals surface area (Å²) in [5, 5.41) is 9.25. The van der Waals surface area contributed by atoms with Crippen LogP contribution < -0.4 is 4.74 Å². The number of aliphatic carboxylic acids is 1. The van der Waals surface area contributed by atoms with Crippen LogP contribution in [0, 0.1) is 0 Å². The number of carboxylic acid groups (broad SMARTS) is 1. The van der Waals surface area contributed by atoms with Crippen molar-refractivity contribution in [2.75, 3.05) is 7.11 Å². The van der Waals surface area contributed by atoms with Crippen LogP contribution in [-0.2, 0) is 11.2 Å². The van der Waals surface area contributed by atoms with Crippen molar-refractivity contribution < 1.29 is 14.6 Å². The molecule has 0 fully saturated rings. The molecule has 6 heteroatoms. The maximum atomic E-state index is 11.3. The van der Waals surface area contributed by atoms with Crippen LogP contribution in [0.25, 0.3) is 27.3 Å². The summed E-state index contributed by atoms with van der Waals surface area (Å²) in [6.45, 7) is 0. The lowest BCUT2D eigenvalue weighted by Crippen LogP contribution is -2.00. The van der Waals surface area contributed by atoms with Crippen molar-refractivity contribution in [3.8, 4) is 17.0 Å². The molecular formula is C18H14N2O3S. The normalized spacial score (nSPS) is 11.2. The Morgan fingerprint density at radius 2 is 1.96 bits per heavy atom. The van der Waals surface area contributed by atoms with E-state index in [1.165, 1.54) is 11.3 Å². The van der Waals surface area contributed by atoms with Crippen LogP contribution in [0.2, 0.25) is 0 Å². The van der Waals surface area contributed by atoms with E-state index in [0.29, 0.717) is 0 Å². The van der Waals surface area contributed by atoms with E-state index in [0.717, 1.165) is 37.9 Å². The molecule has 0 saturated heterocycles. The quantitative estimate of drug-likeness (QED) is 0.614. The molecule has 0 aliphatic carbocycles. The summed E-state index contributed by atoms with van der Waals surface area (Å²) in [5.74, 6) is -0.0842. The number of hydrogen-bond acceptors (Lipinski definition) is 4. The van der Waals surface area contributed by atoms with Crippen molar-refractivity contribution in [3.05, 3.63) is 53.4 Å². The van der Waals surface area contributed by atoms with Gasteiger partial charge in [0.05, 0.1) is 30.3 Å². The number of methoxy groups -OCH3 is 1. The van der Waals surface area contributed by atoms with Crippen molar-refractivity contribution in [3.63, 3.8) is 0 Å². The molecule has 120 valence electrons. The molecule has 0 atom stereocenters. The first kappa shape index (κ1) is 14.7. The Balaban J connectivity index is 2.02. The molecule has 4 rings (SSSR count). The van der Waals surface area contributed by atoms with E-state index in [1.54, 1.807) is 7.11 Å². The standard InChI is InChI=1S/C18H14N2O3S/c1-23-12-8-6-11(7-9-12)17-15(10-16(21)22)24-18-19-13-4-2-3-5-14(13)20(17)18/h2-9H,10H2,1H3,(H,21,22). The number of thiazole rings is 1. The van der Waals surface area contributed by atoms with Crippen molar-refractivity contribution >= 4 is 33.3 Å². The third kappa shape index (κ3) is 2.32. The van der Waals surface area contributed by atoms with Crippen LogP contribution >= 0.6 is 11.3 Å². The van der Waals surface area contributed by atoms with Crippen LogP contribution in [0.4, 0.5) is 0 Å². The first-order valence-corrected chi connectivity index (χ1v) is 8.24. The van der Waals surface area contributed by atoms with E-state index in [2.05, 4.69) is 4.98 Å². The third-order valence-corrected chi connectivity index (χ3v) is 4.95. The second-order valence-electron chi connectivity index (χ2n) is 5.39. The molecular weight excluding hydrogens is 324 g/mol. The second kappa shape index (κ2) is 5.65. The van der Waals surface area contributed by atoms with Gasteiger partial charge >= 0.3 is 5.97 Å². The van der Waals surface area contributed by atoms with Crippen LogP contribution in [0.5, 0.6) is 5.75 Å². The smallest absolute Gasteiger partial charge is 0.308 e. The molecule has 0 spiro atoms. The topological polar surface area (TPSA) is 63.8 Å². The minimum Gasteiger partial charge on any atom is -0.497 e. The van der Waals surface area contributed by atoms with E-state index in [4.69, 9.17) is 4.74 Å². The number of rotatable bonds is 4. The highest BCUT2D eigenvalue weighted by molar-refractivity contribution is 7.17. The predicted molar refractivity (Wildman–Crippen MR) is 93.9 cm³/mol. The summed E-state index contributed by atoms with van der Waals surface area (Å²) in [6, 6.07) is 15.5. The Labute approximate surface area is 141 Å². The van der Waals surface area contributed by atoms with Gasteiger partial charge in [-0.15, -0.1) is 11.3 Å². The predicted octanol–water partition coefficient (Wildman–Crippen LogP) is 3.85. The highest BCUT2D eigenvalue weighted by Gasteiger charge is 2.19. The van der Waals surface area contributed by atoms with Crippen molar-refractivity contribution in [1.29, 1.82) is 0 Å². The van der Waals surface area contributed by atoms with E-state index >= 15 is 0 Å². The summed E-state index contributed by atoms with van der Waals surface area (Å²) in [4.78, 5) is 17.5. The molecule has 5 nitrogen and oxygen atoms in total. The molecule has 0 aliphatic heterocycles. The molecule has 0 bridgehead atoms. The largest absolute Gasteiger partial charge is 0.497 e. The maximum absolute atomic E-state index is 11.3. The van der Waals surface area contributed by atoms with Gasteiger partial charge in [-0.1, -0.05) is 12.1 Å². The summed E-state index contributed by atoms with van der Waals surface area (Å²) in [5.41, 5.74) is 3.71. The first-order chi connectivity index (χ1) is 11.7. The summed E-state index contributed by atoms with van der Waals surface area (Å²) < 4.78 is 7.26. The number of nitrogens with zero attached hydrogens (tertiary/aromatic N) is 2. The van der Waals surface area contributed by atoms with Crippen molar-refractivity contribution in [2.24, 2.45) is 0 Å². The molecule has 0 radical (unpaired) electrons. The minimum absolute atomic E-state index is 0.0241. The number of hydrogen-bond donors (Lipinski definition) is 1. The average Bonchev–Trinajstić information content (AvgIpc) is 3.09. The van der Waals surface area contributed by atoms with Gasteiger partial charge in [0.25, 0.3) is 0 Å². The van der Waals surface area contributed by atoms with E-state index < -0.39 is 5.97 Å². The lowest BCUT2D eigenvalue weighted by Gasteiger charge is -2.06. The van der Waals surface area contributed by atoms with Gasteiger partial charge in [-0.2, -0.15) is 0 Å². The van der Waals surface area contributed by atoms with Gasteiger partial charge in [0.1, 0.15) is 5.75 Å².